The van der Waals surface area contributed by atoms with Crippen molar-refractivity contribution < 1.29 is 4.79 Å². The topological polar surface area (TPSA) is 33.2 Å². The minimum Gasteiger partial charge on any atom is -0.355 e. The summed E-state index contributed by atoms with van der Waals surface area (Å²) in [5.41, 5.74) is 2.74. The maximum absolute atomic E-state index is 11.8. The van der Waals surface area contributed by atoms with Crippen LogP contribution >= 0.6 is 0 Å². The predicted octanol–water partition coefficient (Wildman–Crippen LogP) is 2.56. The molecule has 1 atom stereocenters. The lowest BCUT2D eigenvalue weighted by molar-refractivity contribution is -0.112. The van der Waals surface area contributed by atoms with Crippen molar-refractivity contribution in [3.05, 3.63) is 59.9 Å². The summed E-state index contributed by atoms with van der Waals surface area (Å²) >= 11 is 0. The number of aldehydes is 1. The highest BCUT2D eigenvalue weighted by Crippen LogP contribution is 2.37. The smallest absolute Gasteiger partial charge is 0.149 e. The fourth-order valence-electron chi connectivity index (χ4n) is 2.77. The Labute approximate surface area is 112 Å². The van der Waals surface area contributed by atoms with Gasteiger partial charge in [-0.15, -0.1) is 0 Å². The van der Waals surface area contributed by atoms with Crippen LogP contribution in [0.5, 0.6) is 0 Å². The molecule has 0 amide bonds. The van der Waals surface area contributed by atoms with E-state index in [4.69, 9.17) is 0 Å². The van der Waals surface area contributed by atoms with Crippen molar-refractivity contribution in [1.82, 2.24) is 4.98 Å². The second-order valence-corrected chi connectivity index (χ2v) is 5.04. The highest BCUT2D eigenvalue weighted by Gasteiger charge is 2.37. The van der Waals surface area contributed by atoms with E-state index < -0.39 is 5.54 Å². The quantitative estimate of drug-likeness (QED) is 0.787. The van der Waals surface area contributed by atoms with E-state index in [1.807, 2.05) is 31.2 Å². The number of pyridine rings is 1. The molecule has 0 spiro atoms. The highest BCUT2D eigenvalue weighted by molar-refractivity contribution is 5.76. The number of hydrogen-bond donors (Lipinski definition) is 0. The lowest BCUT2D eigenvalue weighted by Crippen LogP contribution is -2.44. The van der Waals surface area contributed by atoms with Crippen LogP contribution in [0.2, 0.25) is 0 Å². The van der Waals surface area contributed by atoms with Crippen LogP contribution in [0.3, 0.4) is 0 Å². The maximum Gasteiger partial charge on any atom is 0.149 e. The van der Waals surface area contributed by atoms with E-state index in [1.54, 1.807) is 12.4 Å². The monoisotopic (exact) mass is 252 g/mol. The third kappa shape index (κ3) is 1.82. The van der Waals surface area contributed by atoms with Crippen molar-refractivity contribution in [2.24, 2.45) is 0 Å². The Balaban J connectivity index is 2.08. The maximum atomic E-state index is 11.8. The van der Waals surface area contributed by atoms with Gasteiger partial charge in [-0.05, 0) is 31.0 Å². The number of nitrogens with zero attached hydrogens (tertiary/aromatic N) is 2. The van der Waals surface area contributed by atoms with E-state index in [0.29, 0.717) is 0 Å². The summed E-state index contributed by atoms with van der Waals surface area (Å²) in [5, 5.41) is 0. The van der Waals surface area contributed by atoms with Gasteiger partial charge in [-0.3, -0.25) is 4.98 Å². The number of fused-ring (bicyclic) bond motifs is 1. The SMILES string of the molecule is CC(C=O)(c1cccnc1)N1CCc2ccccc21. The van der Waals surface area contributed by atoms with Crippen LogP contribution in [-0.4, -0.2) is 17.8 Å². The Hall–Kier alpha value is -2.16. The van der Waals surface area contributed by atoms with Gasteiger partial charge in [0.15, 0.2) is 0 Å². The number of rotatable bonds is 3. The molecule has 0 aliphatic carbocycles. The van der Waals surface area contributed by atoms with E-state index in [1.165, 1.54) is 5.56 Å². The third-order valence-corrected chi connectivity index (χ3v) is 3.92. The Kier molecular flexibility index (Phi) is 2.82. The predicted molar refractivity (Wildman–Crippen MR) is 75.1 cm³/mol. The summed E-state index contributed by atoms with van der Waals surface area (Å²) in [6.07, 6.45) is 5.51. The van der Waals surface area contributed by atoms with Gasteiger partial charge in [0.05, 0.1) is 0 Å². The van der Waals surface area contributed by atoms with Crippen molar-refractivity contribution in [1.29, 1.82) is 0 Å². The molecule has 0 radical (unpaired) electrons. The second kappa shape index (κ2) is 4.50. The summed E-state index contributed by atoms with van der Waals surface area (Å²) in [6.45, 7) is 2.82. The molecule has 19 heavy (non-hydrogen) atoms. The molecule has 1 aromatic carbocycles. The van der Waals surface area contributed by atoms with Gasteiger partial charge in [0.25, 0.3) is 0 Å². The van der Waals surface area contributed by atoms with Crippen LogP contribution in [0.4, 0.5) is 5.69 Å². The molecule has 3 heteroatoms. The average molecular weight is 252 g/mol. The number of anilines is 1. The Morgan fingerprint density at radius 3 is 2.84 bits per heavy atom. The van der Waals surface area contributed by atoms with Crippen LogP contribution in [0.1, 0.15) is 18.1 Å². The van der Waals surface area contributed by atoms with Crippen molar-refractivity contribution in [2.75, 3.05) is 11.4 Å². The van der Waals surface area contributed by atoms with E-state index >= 15 is 0 Å². The summed E-state index contributed by atoms with van der Waals surface area (Å²) in [6, 6.07) is 12.1. The van der Waals surface area contributed by atoms with Crippen molar-refractivity contribution in [3.63, 3.8) is 0 Å². The molecule has 1 unspecified atom stereocenters. The zero-order valence-corrected chi connectivity index (χ0v) is 10.9. The van der Waals surface area contributed by atoms with Gasteiger partial charge in [-0.2, -0.15) is 0 Å². The number of para-hydroxylation sites is 1. The molecular formula is C16H16N2O. The molecule has 3 nitrogen and oxygen atoms in total. The fraction of sp³-hybridized carbons (Fsp3) is 0.250. The van der Waals surface area contributed by atoms with E-state index in [2.05, 4.69) is 22.0 Å². The van der Waals surface area contributed by atoms with Gasteiger partial charge < -0.3 is 9.69 Å². The van der Waals surface area contributed by atoms with E-state index in [9.17, 15) is 4.79 Å². The molecule has 0 bridgehead atoms. The molecule has 1 aliphatic heterocycles. The Bertz CT molecular complexity index is 597. The van der Waals surface area contributed by atoms with Gasteiger partial charge in [0.1, 0.15) is 11.8 Å². The Morgan fingerprint density at radius 2 is 2.11 bits per heavy atom. The zero-order chi connectivity index (χ0) is 13.3. The minimum atomic E-state index is -0.652. The van der Waals surface area contributed by atoms with Crippen LogP contribution in [0, 0.1) is 0 Å². The third-order valence-electron chi connectivity index (χ3n) is 3.92. The van der Waals surface area contributed by atoms with Crippen LogP contribution in [0.25, 0.3) is 0 Å². The van der Waals surface area contributed by atoms with Crippen LogP contribution in [-0.2, 0) is 16.8 Å². The normalized spacial score (nSPS) is 16.8. The van der Waals surface area contributed by atoms with Gasteiger partial charge >= 0.3 is 0 Å². The molecule has 0 N–H and O–H groups in total. The minimum absolute atomic E-state index is 0.652. The average Bonchev–Trinajstić information content (AvgIpc) is 2.92. The van der Waals surface area contributed by atoms with Crippen LogP contribution in [0.15, 0.2) is 48.8 Å². The molecule has 1 aliphatic rings. The van der Waals surface area contributed by atoms with E-state index in [-0.39, 0.29) is 0 Å². The van der Waals surface area contributed by atoms with Crippen molar-refractivity contribution >= 4 is 12.0 Å². The number of aromatic nitrogens is 1. The van der Waals surface area contributed by atoms with Gasteiger partial charge in [-0.25, -0.2) is 0 Å². The lowest BCUT2D eigenvalue weighted by Gasteiger charge is -2.36. The molecule has 96 valence electrons. The zero-order valence-electron chi connectivity index (χ0n) is 10.9. The fourth-order valence-corrected chi connectivity index (χ4v) is 2.77. The standard InChI is InChI=1S/C16H16N2O/c1-16(12-19,14-6-4-9-17-11-14)18-10-8-13-5-2-3-7-15(13)18/h2-7,9,11-12H,8,10H2,1H3. The molecule has 1 aromatic heterocycles. The molecule has 0 fully saturated rings. The highest BCUT2D eigenvalue weighted by atomic mass is 16.1. The number of benzene rings is 1. The van der Waals surface area contributed by atoms with Gasteiger partial charge in [0, 0.05) is 30.2 Å². The molecule has 0 saturated carbocycles. The second-order valence-electron chi connectivity index (χ2n) is 5.04. The summed E-state index contributed by atoms with van der Waals surface area (Å²) in [5.74, 6) is 0. The molecular weight excluding hydrogens is 236 g/mol. The van der Waals surface area contributed by atoms with Crippen molar-refractivity contribution in [2.45, 2.75) is 18.9 Å². The molecule has 0 saturated heterocycles. The summed E-state index contributed by atoms with van der Waals surface area (Å²) in [7, 11) is 0. The van der Waals surface area contributed by atoms with Gasteiger partial charge in [0.2, 0.25) is 0 Å². The molecule has 2 heterocycles. The van der Waals surface area contributed by atoms with Crippen molar-refractivity contribution in [3.8, 4) is 0 Å². The first-order valence-corrected chi connectivity index (χ1v) is 6.48. The number of hydrogen-bond acceptors (Lipinski definition) is 3. The number of carbonyl (C=O) groups is 1. The lowest BCUT2D eigenvalue weighted by atomic mass is 9.93. The largest absolute Gasteiger partial charge is 0.355 e. The molecule has 2 aromatic rings. The summed E-state index contributed by atoms with van der Waals surface area (Å²) < 4.78 is 0. The molecule has 3 rings (SSSR count). The van der Waals surface area contributed by atoms with Gasteiger partial charge in [-0.1, -0.05) is 24.3 Å². The first-order chi connectivity index (χ1) is 9.25. The first-order valence-electron chi connectivity index (χ1n) is 6.48. The number of carbonyl (C=O) groups excluding carboxylic acids is 1. The first kappa shape index (κ1) is 11.9. The summed E-state index contributed by atoms with van der Waals surface area (Å²) in [4.78, 5) is 18.1. The van der Waals surface area contributed by atoms with Crippen LogP contribution < -0.4 is 4.90 Å². The Morgan fingerprint density at radius 1 is 1.26 bits per heavy atom. The van der Waals surface area contributed by atoms with E-state index in [0.717, 1.165) is 30.5 Å².